The number of carbonyl (C=O) groups excluding carboxylic acids is 1. The van der Waals surface area contributed by atoms with E-state index in [0.29, 0.717) is 56.5 Å². The Labute approximate surface area is 194 Å². The van der Waals surface area contributed by atoms with E-state index >= 15 is 0 Å². The molecule has 34 heavy (non-hydrogen) atoms. The fourth-order valence-corrected chi connectivity index (χ4v) is 3.47. The van der Waals surface area contributed by atoms with E-state index < -0.39 is 17.8 Å². The van der Waals surface area contributed by atoms with Gasteiger partial charge < -0.3 is 19.3 Å². The lowest BCUT2D eigenvalue weighted by atomic mass is 10.1. The predicted octanol–water partition coefficient (Wildman–Crippen LogP) is 4.44. The van der Waals surface area contributed by atoms with Gasteiger partial charge in [-0.15, -0.1) is 0 Å². The van der Waals surface area contributed by atoms with E-state index in [1.54, 1.807) is 29.4 Å². The molecular weight excluding hydrogens is 449 g/mol. The van der Waals surface area contributed by atoms with Crippen LogP contribution in [0.15, 0.2) is 67.1 Å². The van der Waals surface area contributed by atoms with Gasteiger partial charge in [0.25, 0.3) is 0 Å². The number of halogens is 3. The molecule has 0 radical (unpaired) electrons. The van der Waals surface area contributed by atoms with Gasteiger partial charge in [0.05, 0.1) is 18.4 Å². The molecular formula is C24H23F3N4O3. The second-order valence-electron chi connectivity index (χ2n) is 7.68. The topological polar surface area (TPSA) is 67.8 Å². The minimum absolute atomic E-state index is 0.380. The summed E-state index contributed by atoms with van der Waals surface area (Å²) in [6, 6.07) is 13.2. The Morgan fingerprint density at radius 2 is 1.71 bits per heavy atom. The van der Waals surface area contributed by atoms with Gasteiger partial charge in [-0.1, -0.05) is 12.1 Å². The lowest BCUT2D eigenvalue weighted by Crippen LogP contribution is -2.49. The van der Waals surface area contributed by atoms with Crippen molar-refractivity contribution in [3.05, 3.63) is 78.2 Å². The molecule has 7 nitrogen and oxygen atoms in total. The predicted molar refractivity (Wildman–Crippen MR) is 119 cm³/mol. The Bertz CT molecular complexity index is 1070. The molecule has 0 spiro atoms. The van der Waals surface area contributed by atoms with Crippen LogP contribution in [0.5, 0.6) is 11.5 Å². The largest absolute Gasteiger partial charge is 0.492 e. The summed E-state index contributed by atoms with van der Waals surface area (Å²) in [5.74, 6) is 1.60. The lowest BCUT2D eigenvalue weighted by Gasteiger charge is -2.34. The van der Waals surface area contributed by atoms with Gasteiger partial charge in [-0.3, -0.25) is 4.98 Å². The number of benzene rings is 1. The van der Waals surface area contributed by atoms with Gasteiger partial charge in [-0.2, -0.15) is 13.2 Å². The third kappa shape index (κ3) is 6.15. The fourth-order valence-electron chi connectivity index (χ4n) is 3.47. The van der Waals surface area contributed by atoms with Crippen LogP contribution in [0, 0.1) is 0 Å². The van der Waals surface area contributed by atoms with Gasteiger partial charge in [0.1, 0.15) is 17.3 Å². The number of amides is 1. The van der Waals surface area contributed by atoms with Gasteiger partial charge in [-0.05, 0) is 42.0 Å². The van der Waals surface area contributed by atoms with Crippen molar-refractivity contribution in [1.82, 2.24) is 14.9 Å². The molecule has 0 atom stereocenters. The molecule has 1 saturated heterocycles. The van der Waals surface area contributed by atoms with Gasteiger partial charge in [-0.25, -0.2) is 9.78 Å². The van der Waals surface area contributed by atoms with E-state index in [0.717, 1.165) is 17.8 Å². The minimum Gasteiger partial charge on any atom is -0.492 e. The molecule has 178 valence electrons. The molecule has 3 aromatic rings. The highest BCUT2D eigenvalue weighted by Gasteiger charge is 2.31. The average Bonchev–Trinajstić information content (AvgIpc) is 2.85. The number of pyridine rings is 2. The molecule has 2 aromatic heterocycles. The van der Waals surface area contributed by atoms with Crippen molar-refractivity contribution >= 4 is 11.9 Å². The molecule has 1 aromatic carbocycles. The standard InChI is InChI=1S/C24H23F3N4O3/c25-24(26,27)19-5-8-22(29-16-19)30-11-13-31(14-12-30)23(32)34-20-6-3-18(4-7-20)9-15-33-21-2-1-10-28-17-21/h1-8,10,16-17H,9,11-15H2. The zero-order chi connectivity index (χ0) is 24.0. The van der Waals surface area contributed by atoms with Gasteiger partial charge in [0.15, 0.2) is 0 Å². The molecule has 1 aliphatic rings. The molecule has 1 amide bonds. The van der Waals surface area contributed by atoms with E-state index in [4.69, 9.17) is 9.47 Å². The van der Waals surface area contributed by atoms with Crippen LogP contribution in [-0.4, -0.2) is 53.7 Å². The maximum absolute atomic E-state index is 12.7. The summed E-state index contributed by atoms with van der Waals surface area (Å²) in [6.45, 7) is 2.16. The number of rotatable bonds is 6. The van der Waals surface area contributed by atoms with Gasteiger partial charge in [0.2, 0.25) is 0 Å². The summed E-state index contributed by atoms with van der Waals surface area (Å²) in [7, 11) is 0. The maximum atomic E-state index is 12.7. The maximum Gasteiger partial charge on any atom is 0.417 e. The molecule has 0 saturated carbocycles. The van der Waals surface area contributed by atoms with Crippen molar-refractivity contribution in [2.24, 2.45) is 0 Å². The molecule has 3 heterocycles. The van der Waals surface area contributed by atoms with Crippen LogP contribution < -0.4 is 14.4 Å². The number of hydrogen-bond donors (Lipinski definition) is 0. The summed E-state index contributed by atoms with van der Waals surface area (Å²) < 4.78 is 49.2. The third-order valence-corrected chi connectivity index (χ3v) is 5.36. The number of aromatic nitrogens is 2. The van der Waals surface area contributed by atoms with E-state index in [2.05, 4.69) is 9.97 Å². The zero-order valence-electron chi connectivity index (χ0n) is 18.2. The third-order valence-electron chi connectivity index (χ3n) is 5.36. The molecule has 1 aliphatic heterocycles. The SMILES string of the molecule is O=C(Oc1ccc(CCOc2cccnc2)cc1)N1CCN(c2ccc(C(F)(F)F)cn2)CC1. The highest BCUT2D eigenvalue weighted by Crippen LogP contribution is 2.29. The summed E-state index contributed by atoms with van der Waals surface area (Å²) in [6.07, 6.45) is -0.0214. The normalized spacial score (nSPS) is 14.1. The van der Waals surface area contributed by atoms with Gasteiger partial charge >= 0.3 is 12.3 Å². The van der Waals surface area contributed by atoms with Crippen molar-refractivity contribution in [2.45, 2.75) is 12.6 Å². The Kier molecular flexibility index (Phi) is 7.15. The number of ether oxygens (including phenoxy) is 2. The van der Waals surface area contributed by atoms with Gasteiger partial charge in [0, 0.05) is 45.0 Å². The molecule has 0 aliphatic carbocycles. The van der Waals surface area contributed by atoms with Crippen LogP contribution in [0.25, 0.3) is 0 Å². The quantitative estimate of drug-likeness (QED) is 0.529. The molecule has 10 heteroatoms. The second-order valence-corrected chi connectivity index (χ2v) is 7.68. The smallest absolute Gasteiger partial charge is 0.417 e. The van der Waals surface area contributed by atoms with Crippen LogP contribution in [0.4, 0.5) is 23.8 Å². The number of nitrogens with zero attached hydrogens (tertiary/aromatic N) is 4. The highest BCUT2D eigenvalue weighted by atomic mass is 19.4. The minimum atomic E-state index is -4.42. The van der Waals surface area contributed by atoms with Crippen molar-refractivity contribution in [1.29, 1.82) is 0 Å². The van der Waals surface area contributed by atoms with Crippen molar-refractivity contribution in [2.75, 3.05) is 37.7 Å². The Balaban J connectivity index is 1.22. The van der Waals surface area contributed by atoms with Crippen molar-refractivity contribution in [3.63, 3.8) is 0 Å². The zero-order valence-corrected chi connectivity index (χ0v) is 18.2. The lowest BCUT2D eigenvalue weighted by molar-refractivity contribution is -0.137. The van der Waals surface area contributed by atoms with Crippen LogP contribution >= 0.6 is 0 Å². The van der Waals surface area contributed by atoms with Crippen LogP contribution in [0.2, 0.25) is 0 Å². The number of anilines is 1. The molecule has 0 N–H and O–H groups in total. The Hall–Kier alpha value is -3.82. The molecule has 0 unspecified atom stereocenters. The summed E-state index contributed by atoms with van der Waals surface area (Å²) >= 11 is 0. The second kappa shape index (κ2) is 10.4. The number of carbonyl (C=O) groups is 1. The monoisotopic (exact) mass is 472 g/mol. The number of alkyl halides is 3. The number of piperazine rings is 1. The first-order chi connectivity index (χ1) is 16.4. The average molecular weight is 472 g/mol. The first-order valence-electron chi connectivity index (χ1n) is 10.8. The summed E-state index contributed by atoms with van der Waals surface area (Å²) in [5, 5.41) is 0. The van der Waals surface area contributed by atoms with Crippen LogP contribution in [-0.2, 0) is 12.6 Å². The van der Waals surface area contributed by atoms with Crippen molar-refractivity contribution in [3.8, 4) is 11.5 Å². The fraction of sp³-hybridized carbons (Fsp3) is 0.292. The molecule has 1 fully saturated rings. The highest BCUT2D eigenvalue weighted by molar-refractivity contribution is 5.71. The van der Waals surface area contributed by atoms with Crippen LogP contribution in [0.3, 0.4) is 0 Å². The number of hydrogen-bond acceptors (Lipinski definition) is 6. The van der Waals surface area contributed by atoms with E-state index in [9.17, 15) is 18.0 Å². The van der Waals surface area contributed by atoms with E-state index in [-0.39, 0.29) is 0 Å². The molecule has 0 bridgehead atoms. The van der Waals surface area contributed by atoms with E-state index in [1.807, 2.05) is 29.2 Å². The first-order valence-corrected chi connectivity index (χ1v) is 10.8. The summed E-state index contributed by atoms with van der Waals surface area (Å²) in [4.78, 5) is 23.8. The summed E-state index contributed by atoms with van der Waals surface area (Å²) in [5.41, 5.74) is 0.256. The van der Waals surface area contributed by atoms with Crippen molar-refractivity contribution < 1.29 is 27.4 Å². The Morgan fingerprint density at radius 1 is 0.941 bits per heavy atom. The molecule has 4 rings (SSSR count). The Morgan fingerprint density at radius 3 is 2.32 bits per heavy atom. The van der Waals surface area contributed by atoms with E-state index in [1.165, 1.54) is 6.07 Å². The first kappa shape index (κ1) is 23.3. The van der Waals surface area contributed by atoms with Crippen LogP contribution in [0.1, 0.15) is 11.1 Å².